The highest BCUT2D eigenvalue weighted by Crippen LogP contribution is 2.26. The molecule has 0 aromatic carbocycles. The monoisotopic (exact) mass is 221 g/mol. The Kier molecular flexibility index (Phi) is 3.05. The Bertz CT molecular complexity index is 418. The number of carbonyl (C=O) groups excluding carboxylic acids is 1. The highest BCUT2D eigenvalue weighted by Gasteiger charge is 2.19. The van der Waals surface area contributed by atoms with Crippen molar-refractivity contribution in [3.05, 3.63) is 22.9 Å². The van der Waals surface area contributed by atoms with E-state index in [0.717, 1.165) is 30.5 Å². The highest BCUT2D eigenvalue weighted by atomic mass is 16.5. The average Bonchev–Trinajstić information content (AvgIpc) is 2.71. The number of hydrogen-bond acceptors (Lipinski definition) is 4. The number of amides is 1. The molecule has 1 amide bonds. The van der Waals surface area contributed by atoms with Crippen molar-refractivity contribution in [2.24, 2.45) is 11.5 Å². The van der Waals surface area contributed by atoms with E-state index in [-0.39, 0.29) is 0 Å². The Hall–Kier alpha value is -1.62. The summed E-state index contributed by atoms with van der Waals surface area (Å²) >= 11 is 0. The van der Waals surface area contributed by atoms with Crippen molar-refractivity contribution in [3.63, 3.8) is 0 Å². The molecule has 4 N–H and O–H groups in total. The highest BCUT2D eigenvalue weighted by molar-refractivity contribution is 5.95. The van der Waals surface area contributed by atoms with Crippen LogP contribution in [0.4, 0.5) is 0 Å². The van der Waals surface area contributed by atoms with E-state index >= 15 is 0 Å². The van der Waals surface area contributed by atoms with Gasteiger partial charge < -0.3 is 16.2 Å². The molecule has 16 heavy (non-hydrogen) atoms. The van der Waals surface area contributed by atoms with Crippen LogP contribution in [0.5, 0.6) is 5.88 Å². The molecule has 1 aliphatic carbocycles. The van der Waals surface area contributed by atoms with Crippen LogP contribution >= 0.6 is 0 Å². The smallest absolute Gasteiger partial charge is 0.254 e. The van der Waals surface area contributed by atoms with Crippen molar-refractivity contribution in [1.29, 1.82) is 0 Å². The molecule has 1 aromatic rings. The summed E-state index contributed by atoms with van der Waals surface area (Å²) in [5, 5.41) is 0. The van der Waals surface area contributed by atoms with Crippen LogP contribution in [0, 0.1) is 0 Å². The summed E-state index contributed by atoms with van der Waals surface area (Å²) in [5.41, 5.74) is 13.1. The van der Waals surface area contributed by atoms with Gasteiger partial charge in [-0.05, 0) is 30.9 Å². The number of primary amides is 1. The summed E-state index contributed by atoms with van der Waals surface area (Å²) < 4.78 is 5.34. The molecule has 1 heterocycles. The summed E-state index contributed by atoms with van der Waals surface area (Å²) in [6, 6.07) is 1.80. The van der Waals surface area contributed by atoms with Crippen molar-refractivity contribution >= 4 is 5.91 Å². The van der Waals surface area contributed by atoms with Gasteiger partial charge in [-0.3, -0.25) is 4.79 Å². The molecule has 0 spiro atoms. The van der Waals surface area contributed by atoms with Crippen molar-refractivity contribution in [2.75, 3.05) is 13.2 Å². The molecule has 86 valence electrons. The predicted octanol–water partition coefficient (Wildman–Crippen LogP) is 0.00670. The lowest BCUT2D eigenvalue weighted by atomic mass is 10.1. The van der Waals surface area contributed by atoms with Crippen LogP contribution in [0.25, 0.3) is 0 Å². The van der Waals surface area contributed by atoms with E-state index in [1.807, 2.05) is 0 Å². The molecule has 2 rings (SSSR count). The number of ether oxygens (including phenoxy) is 1. The lowest BCUT2D eigenvalue weighted by Gasteiger charge is -2.09. The van der Waals surface area contributed by atoms with E-state index in [1.54, 1.807) is 6.07 Å². The Morgan fingerprint density at radius 1 is 1.50 bits per heavy atom. The fraction of sp³-hybridized carbons (Fsp3) is 0.455. The van der Waals surface area contributed by atoms with E-state index in [4.69, 9.17) is 16.2 Å². The molecule has 0 saturated carbocycles. The average molecular weight is 221 g/mol. The van der Waals surface area contributed by atoms with Crippen molar-refractivity contribution in [2.45, 2.75) is 19.3 Å². The van der Waals surface area contributed by atoms with Crippen molar-refractivity contribution in [3.8, 4) is 5.88 Å². The largest absolute Gasteiger partial charge is 0.476 e. The quantitative estimate of drug-likeness (QED) is 0.749. The maximum absolute atomic E-state index is 11.3. The van der Waals surface area contributed by atoms with Gasteiger partial charge in [0.15, 0.2) is 0 Å². The first-order valence-electron chi connectivity index (χ1n) is 5.38. The molecule has 0 unspecified atom stereocenters. The van der Waals surface area contributed by atoms with Crippen LogP contribution in [-0.2, 0) is 12.8 Å². The number of pyridine rings is 1. The van der Waals surface area contributed by atoms with Gasteiger partial charge in [-0.25, -0.2) is 4.98 Å². The molecular weight excluding hydrogens is 206 g/mol. The predicted molar refractivity (Wildman–Crippen MR) is 59.3 cm³/mol. The van der Waals surface area contributed by atoms with Gasteiger partial charge in [0.05, 0.1) is 0 Å². The van der Waals surface area contributed by atoms with Gasteiger partial charge in [0.25, 0.3) is 5.91 Å². The summed E-state index contributed by atoms with van der Waals surface area (Å²) in [5.74, 6) is -0.187. The Morgan fingerprint density at radius 2 is 2.31 bits per heavy atom. The summed E-state index contributed by atoms with van der Waals surface area (Å²) in [6.45, 7) is 0.725. The fourth-order valence-corrected chi connectivity index (χ4v) is 1.90. The van der Waals surface area contributed by atoms with Crippen LogP contribution in [0.1, 0.15) is 28.0 Å². The number of nitrogens with zero attached hydrogens (tertiary/aromatic N) is 1. The van der Waals surface area contributed by atoms with Gasteiger partial charge in [0.2, 0.25) is 5.88 Å². The maximum Gasteiger partial charge on any atom is 0.254 e. The van der Waals surface area contributed by atoms with E-state index < -0.39 is 5.91 Å². The standard InChI is InChI=1S/C11H15N3O2/c12-4-5-16-11-8(10(13)15)6-7-2-1-3-9(7)14-11/h6H,1-5,12H2,(H2,13,15). The third-order valence-corrected chi connectivity index (χ3v) is 2.64. The zero-order valence-corrected chi connectivity index (χ0v) is 9.03. The molecule has 0 aliphatic heterocycles. The van der Waals surface area contributed by atoms with E-state index in [1.165, 1.54) is 0 Å². The SMILES string of the molecule is NCCOc1nc2c(cc1C(N)=O)CCC2. The first kappa shape index (κ1) is 10.9. The third-order valence-electron chi connectivity index (χ3n) is 2.64. The molecule has 0 fully saturated rings. The second-order valence-electron chi connectivity index (χ2n) is 3.80. The molecule has 0 radical (unpaired) electrons. The Balaban J connectivity index is 2.36. The van der Waals surface area contributed by atoms with Gasteiger partial charge in [0.1, 0.15) is 12.2 Å². The number of carbonyl (C=O) groups is 1. The molecule has 0 bridgehead atoms. The minimum atomic E-state index is -0.505. The van der Waals surface area contributed by atoms with Crippen LogP contribution in [0.15, 0.2) is 6.07 Å². The van der Waals surface area contributed by atoms with Crippen molar-refractivity contribution in [1.82, 2.24) is 4.98 Å². The summed E-state index contributed by atoms with van der Waals surface area (Å²) in [6.07, 6.45) is 2.97. The normalized spacial score (nSPS) is 13.6. The van der Waals surface area contributed by atoms with Crippen LogP contribution in [-0.4, -0.2) is 24.0 Å². The number of rotatable bonds is 4. The Labute approximate surface area is 93.8 Å². The van der Waals surface area contributed by atoms with Gasteiger partial charge in [-0.2, -0.15) is 0 Å². The first-order chi connectivity index (χ1) is 7.72. The minimum absolute atomic E-state index is 0.318. The molecule has 1 aromatic heterocycles. The lowest BCUT2D eigenvalue weighted by Crippen LogP contribution is -2.18. The number of hydrogen-bond donors (Lipinski definition) is 2. The van der Waals surface area contributed by atoms with Gasteiger partial charge in [-0.1, -0.05) is 0 Å². The van der Waals surface area contributed by atoms with Crippen LogP contribution < -0.4 is 16.2 Å². The minimum Gasteiger partial charge on any atom is -0.476 e. The number of fused-ring (bicyclic) bond motifs is 1. The van der Waals surface area contributed by atoms with Gasteiger partial charge in [0, 0.05) is 12.2 Å². The maximum atomic E-state index is 11.3. The second kappa shape index (κ2) is 4.49. The lowest BCUT2D eigenvalue weighted by molar-refractivity contribution is 0.0995. The van der Waals surface area contributed by atoms with Crippen LogP contribution in [0.3, 0.4) is 0 Å². The van der Waals surface area contributed by atoms with E-state index in [9.17, 15) is 4.79 Å². The van der Waals surface area contributed by atoms with E-state index in [2.05, 4.69) is 4.98 Å². The van der Waals surface area contributed by atoms with Gasteiger partial charge in [-0.15, -0.1) is 0 Å². The molecular formula is C11H15N3O2. The molecule has 1 aliphatic rings. The second-order valence-corrected chi connectivity index (χ2v) is 3.80. The fourth-order valence-electron chi connectivity index (χ4n) is 1.90. The number of aryl methyl sites for hydroxylation is 2. The summed E-state index contributed by atoms with van der Waals surface area (Å²) in [4.78, 5) is 15.6. The van der Waals surface area contributed by atoms with Gasteiger partial charge >= 0.3 is 0 Å². The topological polar surface area (TPSA) is 91.2 Å². The Morgan fingerprint density at radius 3 is 3.00 bits per heavy atom. The van der Waals surface area contributed by atoms with E-state index in [0.29, 0.717) is 24.6 Å². The first-order valence-corrected chi connectivity index (χ1v) is 5.38. The zero-order valence-electron chi connectivity index (χ0n) is 9.03. The summed E-state index contributed by atoms with van der Waals surface area (Å²) in [7, 11) is 0. The third kappa shape index (κ3) is 1.99. The van der Waals surface area contributed by atoms with Crippen molar-refractivity contribution < 1.29 is 9.53 Å². The molecule has 5 nitrogen and oxygen atoms in total. The van der Waals surface area contributed by atoms with Crippen LogP contribution in [0.2, 0.25) is 0 Å². The molecule has 0 atom stereocenters. The molecule has 0 saturated heterocycles. The molecule has 5 heteroatoms. The number of aromatic nitrogens is 1. The zero-order chi connectivity index (χ0) is 11.5. The number of nitrogens with two attached hydrogens (primary N) is 2.